The van der Waals surface area contributed by atoms with Gasteiger partial charge in [-0.15, -0.1) is 0 Å². The molecule has 0 atom stereocenters. The molecule has 0 aliphatic heterocycles. The largest absolute Gasteiger partial charge is 0.382 e. The maximum Gasteiger partial charge on any atom is 0.148 e. The normalized spacial score (nSPS) is 12.2. The quantitative estimate of drug-likeness (QED) is 0.674. The maximum absolute atomic E-state index is 6.00. The molecule has 2 aromatic heterocycles. The van der Waals surface area contributed by atoms with Gasteiger partial charge in [-0.2, -0.15) is 0 Å². The van der Waals surface area contributed by atoms with Crippen molar-refractivity contribution in [3.05, 3.63) is 24.0 Å². The minimum absolute atomic E-state index is 0.545. The monoisotopic (exact) mass is 277 g/mol. The van der Waals surface area contributed by atoms with Crippen molar-refractivity contribution in [3.8, 4) is 0 Å². The molecule has 2 N–H and O–H groups in total. The first-order chi connectivity index (χ1) is 8.87. The molecule has 4 nitrogen and oxygen atoms in total. The molecular formula is C14H23N3OSi. The molecule has 0 unspecified atom stereocenters. The molecule has 104 valence electrons. The van der Waals surface area contributed by atoms with Crippen LogP contribution in [0.5, 0.6) is 0 Å². The molecule has 0 saturated carbocycles. The summed E-state index contributed by atoms with van der Waals surface area (Å²) in [6.07, 6.45) is 2.01. The molecule has 0 fully saturated rings. The van der Waals surface area contributed by atoms with Crippen LogP contribution in [0, 0.1) is 6.92 Å². The van der Waals surface area contributed by atoms with E-state index in [2.05, 4.69) is 30.7 Å². The predicted molar refractivity (Wildman–Crippen MR) is 83.0 cm³/mol. The Morgan fingerprint density at radius 3 is 2.79 bits per heavy atom. The van der Waals surface area contributed by atoms with Crippen molar-refractivity contribution in [1.82, 2.24) is 9.55 Å². The Kier molecular flexibility index (Phi) is 3.96. The summed E-state index contributed by atoms with van der Waals surface area (Å²) in [5, 5.41) is 1.12. The van der Waals surface area contributed by atoms with E-state index in [4.69, 9.17) is 10.5 Å². The molecule has 19 heavy (non-hydrogen) atoms. The lowest BCUT2D eigenvalue weighted by Crippen LogP contribution is -2.22. The number of fused-ring (bicyclic) bond motifs is 1. The minimum Gasteiger partial charge on any atom is -0.382 e. The van der Waals surface area contributed by atoms with E-state index in [1.807, 2.05) is 23.8 Å². The van der Waals surface area contributed by atoms with Gasteiger partial charge in [0.15, 0.2) is 0 Å². The molecule has 0 spiro atoms. The number of aryl methyl sites for hydroxylation is 1. The SMILES string of the molecule is Cc1cc2ccn(COCC[Si](C)(C)C)c2c(N)n1. The Hall–Kier alpha value is -1.33. The number of anilines is 1. The summed E-state index contributed by atoms with van der Waals surface area (Å²) in [7, 11) is -1.02. The smallest absolute Gasteiger partial charge is 0.148 e. The van der Waals surface area contributed by atoms with Crippen molar-refractivity contribution < 1.29 is 4.74 Å². The van der Waals surface area contributed by atoms with Crippen molar-refractivity contribution in [2.45, 2.75) is 39.3 Å². The van der Waals surface area contributed by atoms with E-state index in [1.54, 1.807) is 0 Å². The van der Waals surface area contributed by atoms with Gasteiger partial charge in [-0.05, 0) is 25.1 Å². The minimum atomic E-state index is -1.02. The van der Waals surface area contributed by atoms with E-state index in [0.29, 0.717) is 12.5 Å². The fourth-order valence-electron chi connectivity index (χ4n) is 2.05. The van der Waals surface area contributed by atoms with Gasteiger partial charge in [0, 0.05) is 32.0 Å². The predicted octanol–water partition coefficient (Wildman–Crippen LogP) is 3.24. The second kappa shape index (κ2) is 5.34. The van der Waals surface area contributed by atoms with Crippen LogP contribution >= 0.6 is 0 Å². The molecule has 5 heteroatoms. The van der Waals surface area contributed by atoms with Gasteiger partial charge >= 0.3 is 0 Å². The molecule has 2 aromatic rings. The van der Waals surface area contributed by atoms with Gasteiger partial charge in [-0.3, -0.25) is 0 Å². The Bertz CT molecular complexity index is 572. The van der Waals surface area contributed by atoms with Gasteiger partial charge in [0.05, 0.1) is 5.52 Å². The van der Waals surface area contributed by atoms with E-state index >= 15 is 0 Å². The lowest BCUT2D eigenvalue weighted by atomic mass is 10.2. The van der Waals surface area contributed by atoms with Crippen LogP contribution in [0.3, 0.4) is 0 Å². The number of rotatable bonds is 5. The molecule has 0 radical (unpaired) electrons. The highest BCUT2D eigenvalue weighted by atomic mass is 28.3. The fraction of sp³-hybridized carbons (Fsp3) is 0.500. The number of aromatic nitrogens is 2. The summed E-state index contributed by atoms with van der Waals surface area (Å²) < 4.78 is 7.79. The Balaban J connectivity index is 2.06. The summed E-state index contributed by atoms with van der Waals surface area (Å²) in [5.74, 6) is 0.578. The third kappa shape index (κ3) is 3.58. The van der Waals surface area contributed by atoms with E-state index in [9.17, 15) is 0 Å². The second-order valence-electron chi connectivity index (χ2n) is 6.22. The highest BCUT2D eigenvalue weighted by Gasteiger charge is 2.12. The fourth-order valence-corrected chi connectivity index (χ4v) is 2.81. The standard InChI is InChI=1S/C14H23N3OSi/c1-11-9-12-5-6-17(13(12)14(15)16-11)10-18-7-8-19(2,3)4/h5-6,9H,7-8,10H2,1-4H3,(H2,15,16). The van der Waals surface area contributed by atoms with Crippen molar-refractivity contribution in [3.63, 3.8) is 0 Å². The zero-order valence-electron chi connectivity index (χ0n) is 12.2. The topological polar surface area (TPSA) is 53.1 Å². The molecule has 2 rings (SSSR count). The first-order valence-corrected chi connectivity index (χ1v) is 10.4. The molecule has 0 bridgehead atoms. The van der Waals surface area contributed by atoms with E-state index < -0.39 is 8.07 Å². The maximum atomic E-state index is 6.00. The van der Waals surface area contributed by atoms with Crippen molar-refractivity contribution in [2.24, 2.45) is 0 Å². The molecule has 0 aliphatic rings. The number of hydrogen-bond acceptors (Lipinski definition) is 3. The summed E-state index contributed by atoms with van der Waals surface area (Å²) in [6, 6.07) is 5.28. The molecule has 2 heterocycles. The number of pyridine rings is 1. The molecule has 0 aliphatic carbocycles. The van der Waals surface area contributed by atoms with Crippen LogP contribution in [-0.2, 0) is 11.5 Å². The highest BCUT2D eigenvalue weighted by molar-refractivity contribution is 6.76. The highest BCUT2D eigenvalue weighted by Crippen LogP contribution is 2.21. The Labute approximate surface area is 115 Å². The van der Waals surface area contributed by atoms with E-state index in [-0.39, 0.29) is 0 Å². The third-order valence-electron chi connectivity index (χ3n) is 3.13. The van der Waals surface area contributed by atoms with Crippen molar-refractivity contribution in [1.29, 1.82) is 0 Å². The van der Waals surface area contributed by atoms with Gasteiger partial charge in [-0.25, -0.2) is 4.98 Å². The van der Waals surface area contributed by atoms with E-state index in [0.717, 1.165) is 23.2 Å². The molecule has 0 aromatic carbocycles. The number of hydrogen-bond donors (Lipinski definition) is 1. The van der Waals surface area contributed by atoms with Crippen LogP contribution in [0.1, 0.15) is 5.69 Å². The average Bonchev–Trinajstić information content (AvgIpc) is 2.66. The molecule has 0 saturated heterocycles. The number of nitrogens with zero attached hydrogens (tertiary/aromatic N) is 2. The van der Waals surface area contributed by atoms with Gasteiger partial charge in [0.1, 0.15) is 12.5 Å². The van der Waals surface area contributed by atoms with E-state index in [1.165, 1.54) is 6.04 Å². The van der Waals surface area contributed by atoms with Gasteiger partial charge < -0.3 is 15.0 Å². The van der Waals surface area contributed by atoms with Crippen LogP contribution in [0.15, 0.2) is 18.3 Å². The van der Waals surface area contributed by atoms with Crippen LogP contribution < -0.4 is 5.73 Å². The summed E-state index contributed by atoms with van der Waals surface area (Å²) in [4.78, 5) is 4.31. The second-order valence-corrected chi connectivity index (χ2v) is 11.8. The number of nitrogens with two attached hydrogens (primary N) is 1. The van der Waals surface area contributed by atoms with Crippen molar-refractivity contribution in [2.75, 3.05) is 12.3 Å². The summed E-state index contributed by atoms with van der Waals surface area (Å²) in [5.41, 5.74) is 7.91. The first kappa shape index (κ1) is 14.1. The number of ether oxygens (including phenoxy) is 1. The molecule has 0 amide bonds. The zero-order chi connectivity index (χ0) is 14.0. The van der Waals surface area contributed by atoms with Gasteiger partial charge in [0.2, 0.25) is 0 Å². The van der Waals surface area contributed by atoms with Crippen LogP contribution in [-0.4, -0.2) is 24.2 Å². The van der Waals surface area contributed by atoms with Crippen LogP contribution in [0.25, 0.3) is 10.9 Å². The number of nitrogen functional groups attached to an aromatic ring is 1. The van der Waals surface area contributed by atoms with Crippen molar-refractivity contribution >= 4 is 24.8 Å². The lowest BCUT2D eigenvalue weighted by molar-refractivity contribution is 0.0903. The lowest BCUT2D eigenvalue weighted by Gasteiger charge is -2.16. The summed E-state index contributed by atoms with van der Waals surface area (Å²) in [6.45, 7) is 10.4. The van der Waals surface area contributed by atoms with Crippen LogP contribution in [0.4, 0.5) is 5.82 Å². The zero-order valence-corrected chi connectivity index (χ0v) is 13.2. The van der Waals surface area contributed by atoms with Gasteiger partial charge in [0.25, 0.3) is 0 Å². The average molecular weight is 277 g/mol. The van der Waals surface area contributed by atoms with Gasteiger partial charge in [-0.1, -0.05) is 19.6 Å². The Morgan fingerprint density at radius 2 is 2.11 bits per heavy atom. The molecular weight excluding hydrogens is 254 g/mol. The Morgan fingerprint density at radius 1 is 1.37 bits per heavy atom. The van der Waals surface area contributed by atoms with Crippen LogP contribution in [0.2, 0.25) is 25.7 Å². The first-order valence-electron chi connectivity index (χ1n) is 6.66. The third-order valence-corrected chi connectivity index (χ3v) is 4.83. The summed E-state index contributed by atoms with van der Waals surface area (Å²) >= 11 is 0.